The van der Waals surface area contributed by atoms with Gasteiger partial charge in [-0.15, -0.1) is 0 Å². The lowest BCUT2D eigenvalue weighted by Crippen LogP contribution is -2.00. The average Bonchev–Trinajstić information content (AvgIpc) is 2.85. The number of rotatable bonds is 4. The van der Waals surface area contributed by atoms with E-state index in [4.69, 9.17) is 9.97 Å². The number of hydrogen-bond donors (Lipinski definition) is 0. The molecule has 0 spiro atoms. The lowest BCUT2D eigenvalue weighted by Gasteiger charge is -2.08. The van der Waals surface area contributed by atoms with Crippen LogP contribution >= 0.6 is 0 Å². The Balaban J connectivity index is 1.60. The summed E-state index contributed by atoms with van der Waals surface area (Å²) in [4.78, 5) is 22.7. The van der Waals surface area contributed by atoms with Gasteiger partial charge < -0.3 is 0 Å². The first kappa shape index (κ1) is 17.8. The summed E-state index contributed by atoms with van der Waals surface area (Å²) in [6.45, 7) is 0. The third-order valence-corrected chi connectivity index (χ3v) is 4.70. The minimum atomic E-state index is 0.552. The molecule has 0 aliphatic rings. The fraction of sp³-hybridized carbons (Fsp3) is 0. The molecule has 0 aliphatic carbocycles. The van der Waals surface area contributed by atoms with Gasteiger partial charge in [-0.25, -0.2) is 15.0 Å². The third-order valence-electron chi connectivity index (χ3n) is 4.70. The number of hydrogen-bond acceptors (Lipinski definition) is 5. The molecule has 0 saturated carbocycles. The van der Waals surface area contributed by atoms with E-state index in [1.165, 1.54) is 0 Å². The van der Waals surface area contributed by atoms with Crippen LogP contribution in [0.3, 0.4) is 0 Å². The van der Waals surface area contributed by atoms with E-state index >= 15 is 0 Å². The molecular formula is C25H17N5. The van der Waals surface area contributed by atoms with E-state index in [1.54, 1.807) is 12.4 Å². The molecule has 0 radical (unpaired) electrons. The van der Waals surface area contributed by atoms with Crippen molar-refractivity contribution in [1.82, 2.24) is 24.9 Å². The first-order valence-corrected chi connectivity index (χ1v) is 9.60. The topological polar surface area (TPSA) is 64.5 Å². The standard InChI is InChI=1S/C25H17N5/c1-2-7-19(8-3-1)23-28-24(30-25(29-23)22-10-4-5-16-27-22)20-13-11-18(12-14-20)21-9-6-15-26-17-21/h1-17H. The molecule has 0 saturated heterocycles. The highest BCUT2D eigenvalue weighted by Crippen LogP contribution is 2.26. The average molecular weight is 387 g/mol. The molecule has 0 fully saturated rings. The van der Waals surface area contributed by atoms with E-state index < -0.39 is 0 Å². The summed E-state index contributed by atoms with van der Waals surface area (Å²) in [5, 5.41) is 0. The number of aromatic nitrogens is 5. The molecule has 0 unspecified atom stereocenters. The van der Waals surface area contributed by atoms with Crippen molar-refractivity contribution in [3.8, 4) is 45.4 Å². The van der Waals surface area contributed by atoms with Crippen molar-refractivity contribution in [3.63, 3.8) is 0 Å². The van der Waals surface area contributed by atoms with Gasteiger partial charge in [0.2, 0.25) is 0 Å². The van der Waals surface area contributed by atoms with Gasteiger partial charge >= 0.3 is 0 Å². The minimum Gasteiger partial charge on any atom is -0.264 e. The Hall–Kier alpha value is -4.25. The van der Waals surface area contributed by atoms with E-state index in [0.717, 1.165) is 22.3 Å². The maximum atomic E-state index is 4.74. The molecule has 0 aliphatic heterocycles. The molecule has 5 nitrogen and oxygen atoms in total. The van der Waals surface area contributed by atoms with Crippen molar-refractivity contribution in [2.75, 3.05) is 0 Å². The fourth-order valence-corrected chi connectivity index (χ4v) is 3.18. The molecule has 0 amide bonds. The molecule has 0 atom stereocenters. The van der Waals surface area contributed by atoms with Crippen LogP contribution in [0.2, 0.25) is 0 Å². The Labute approximate surface area is 174 Å². The van der Waals surface area contributed by atoms with Crippen LogP contribution < -0.4 is 0 Å². The van der Waals surface area contributed by atoms with Crippen LogP contribution in [0, 0.1) is 0 Å². The van der Waals surface area contributed by atoms with Crippen molar-refractivity contribution in [3.05, 3.63) is 104 Å². The van der Waals surface area contributed by atoms with Crippen LogP contribution in [-0.2, 0) is 0 Å². The van der Waals surface area contributed by atoms with Gasteiger partial charge in [0.1, 0.15) is 5.69 Å². The third kappa shape index (κ3) is 3.69. The second kappa shape index (κ2) is 8.01. The molecule has 3 aromatic heterocycles. The van der Waals surface area contributed by atoms with Crippen LogP contribution in [0.4, 0.5) is 0 Å². The van der Waals surface area contributed by atoms with Gasteiger partial charge in [0.05, 0.1) is 0 Å². The number of benzene rings is 2. The highest BCUT2D eigenvalue weighted by Gasteiger charge is 2.12. The summed E-state index contributed by atoms with van der Waals surface area (Å²) in [5.41, 5.74) is 4.73. The second-order valence-corrected chi connectivity index (χ2v) is 6.71. The summed E-state index contributed by atoms with van der Waals surface area (Å²) in [6, 6.07) is 27.7. The summed E-state index contributed by atoms with van der Waals surface area (Å²) >= 11 is 0. The Morgan fingerprint density at radius 3 is 1.73 bits per heavy atom. The summed E-state index contributed by atoms with van der Waals surface area (Å²) in [6.07, 6.45) is 5.36. The van der Waals surface area contributed by atoms with E-state index in [2.05, 4.69) is 27.1 Å². The van der Waals surface area contributed by atoms with Crippen LogP contribution in [0.15, 0.2) is 104 Å². The van der Waals surface area contributed by atoms with Gasteiger partial charge in [0, 0.05) is 29.7 Å². The first-order valence-electron chi connectivity index (χ1n) is 9.60. The van der Waals surface area contributed by atoms with Crippen LogP contribution in [0.25, 0.3) is 45.4 Å². The van der Waals surface area contributed by atoms with Gasteiger partial charge in [-0.1, -0.05) is 66.7 Å². The molecular weight excluding hydrogens is 370 g/mol. The molecule has 0 N–H and O–H groups in total. The van der Waals surface area contributed by atoms with Gasteiger partial charge in [0.15, 0.2) is 17.5 Å². The van der Waals surface area contributed by atoms with Gasteiger partial charge in [-0.2, -0.15) is 0 Å². The summed E-state index contributed by atoms with van der Waals surface area (Å²) < 4.78 is 0. The molecule has 30 heavy (non-hydrogen) atoms. The molecule has 0 bridgehead atoms. The Bertz CT molecular complexity index is 1200. The normalized spacial score (nSPS) is 10.7. The highest BCUT2D eigenvalue weighted by atomic mass is 15.0. The maximum absolute atomic E-state index is 4.74. The van der Waals surface area contributed by atoms with E-state index in [9.17, 15) is 0 Å². The van der Waals surface area contributed by atoms with Gasteiger partial charge in [-0.3, -0.25) is 9.97 Å². The van der Waals surface area contributed by atoms with Crippen molar-refractivity contribution >= 4 is 0 Å². The zero-order chi connectivity index (χ0) is 20.2. The van der Waals surface area contributed by atoms with Crippen molar-refractivity contribution < 1.29 is 0 Å². The zero-order valence-corrected chi connectivity index (χ0v) is 16.1. The molecule has 142 valence electrons. The first-order chi connectivity index (χ1) is 14.9. The predicted molar refractivity (Wildman–Crippen MR) is 117 cm³/mol. The van der Waals surface area contributed by atoms with E-state index in [0.29, 0.717) is 23.2 Å². The van der Waals surface area contributed by atoms with Crippen molar-refractivity contribution in [1.29, 1.82) is 0 Å². The SMILES string of the molecule is c1ccc(-c2nc(-c3ccc(-c4cccnc4)cc3)nc(-c3ccccn3)n2)cc1. The molecule has 5 aromatic rings. The summed E-state index contributed by atoms with van der Waals surface area (Å²) in [5.74, 6) is 1.79. The quantitative estimate of drug-likeness (QED) is 0.417. The van der Waals surface area contributed by atoms with Crippen LogP contribution in [-0.4, -0.2) is 24.9 Å². The lowest BCUT2D eigenvalue weighted by molar-refractivity contribution is 1.06. The van der Waals surface area contributed by atoms with Crippen molar-refractivity contribution in [2.45, 2.75) is 0 Å². The van der Waals surface area contributed by atoms with Crippen molar-refractivity contribution in [2.24, 2.45) is 0 Å². The zero-order valence-electron chi connectivity index (χ0n) is 16.1. The van der Waals surface area contributed by atoms with E-state index in [1.807, 2.05) is 79.0 Å². The minimum absolute atomic E-state index is 0.552. The smallest absolute Gasteiger partial charge is 0.182 e. The Kier molecular flexibility index (Phi) is 4.76. The largest absolute Gasteiger partial charge is 0.264 e. The lowest BCUT2D eigenvalue weighted by atomic mass is 10.1. The fourth-order valence-electron chi connectivity index (χ4n) is 3.18. The number of pyridine rings is 2. The van der Waals surface area contributed by atoms with Crippen LogP contribution in [0.1, 0.15) is 0 Å². The second-order valence-electron chi connectivity index (χ2n) is 6.71. The molecule has 2 aromatic carbocycles. The molecule has 3 heterocycles. The molecule has 5 heteroatoms. The summed E-state index contributed by atoms with van der Waals surface area (Å²) in [7, 11) is 0. The Morgan fingerprint density at radius 1 is 0.433 bits per heavy atom. The monoisotopic (exact) mass is 387 g/mol. The van der Waals surface area contributed by atoms with E-state index in [-0.39, 0.29) is 0 Å². The molecule has 5 rings (SSSR count). The maximum Gasteiger partial charge on any atom is 0.182 e. The highest BCUT2D eigenvalue weighted by molar-refractivity contribution is 5.69. The van der Waals surface area contributed by atoms with Gasteiger partial charge in [0.25, 0.3) is 0 Å². The Morgan fingerprint density at radius 2 is 1.07 bits per heavy atom. The van der Waals surface area contributed by atoms with Gasteiger partial charge in [-0.05, 0) is 29.3 Å². The van der Waals surface area contributed by atoms with Crippen LogP contribution in [0.5, 0.6) is 0 Å². The number of nitrogens with zero attached hydrogens (tertiary/aromatic N) is 5. The predicted octanol–water partition coefficient (Wildman–Crippen LogP) is 5.33.